The SMILES string of the molecule is CCC(C(=O)N1CCOC2(CCN(Cc3nnc(C)o3)CC2)C1)n1cccn1. The summed E-state index contributed by atoms with van der Waals surface area (Å²) in [7, 11) is 0. The molecule has 0 aromatic carbocycles. The zero-order valence-electron chi connectivity index (χ0n) is 16.6. The summed E-state index contributed by atoms with van der Waals surface area (Å²) in [5.74, 6) is 1.38. The molecule has 1 atom stereocenters. The van der Waals surface area contributed by atoms with E-state index in [1.165, 1.54) is 0 Å². The summed E-state index contributed by atoms with van der Waals surface area (Å²) in [4.78, 5) is 17.4. The molecule has 2 aromatic heterocycles. The highest BCUT2D eigenvalue weighted by molar-refractivity contribution is 5.80. The minimum Gasteiger partial charge on any atom is -0.424 e. The number of hydrogen-bond acceptors (Lipinski definition) is 7. The first-order chi connectivity index (χ1) is 13.6. The number of nitrogens with zero attached hydrogens (tertiary/aromatic N) is 6. The monoisotopic (exact) mass is 388 g/mol. The Kier molecular flexibility index (Phi) is 5.45. The highest BCUT2D eigenvalue weighted by atomic mass is 16.5. The van der Waals surface area contributed by atoms with Crippen molar-refractivity contribution < 1.29 is 13.9 Å². The van der Waals surface area contributed by atoms with E-state index >= 15 is 0 Å². The molecule has 2 fully saturated rings. The second-order valence-corrected chi connectivity index (χ2v) is 7.69. The lowest BCUT2D eigenvalue weighted by Gasteiger charge is -2.47. The van der Waals surface area contributed by atoms with E-state index in [4.69, 9.17) is 9.15 Å². The van der Waals surface area contributed by atoms with E-state index in [9.17, 15) is 4.79 Å². The minimum absolute atomic E-state index is 0.137. The Balaban J connectivity index is 1.36. The predicted molar refractivity (Wildman–Crippen MR) is 100 cm³/mol. The molecule has 0 N–H and O–H groups in total. The lowest BCUT2D eigenvalue weighted by Crippen LogP contribution is -2.58. The van der Waals surface area contributed by atoms with Gasteiger partial charge in [-0.15, -0.1) is 10.2 Å². The van der Waals surface area contributed by atoms with E-state index in [0.717, 1.165) is 32.4 Å². The molecular formula is C19H28N6O3. The van der Waals surface area contributed by atoms with Crippen LogP contribution < -0.4 is 0 Å². The molecule has 2 saturated heterocycles. The zero-order chi connectivity index (χ0) is 19.6. The molecule has 0 aliphatic carbocycles. The summed E-state index contributed by atoms with van der Waals surface area (Å²) in [5, 5.41) is 12.2. The molecule has 2 aromatic rings. The molecule has 0 radical (unpaired) electrons. The average molecular weight is 388 g/mol. The first-order valence-corrected chi connectivity index (χ1v) is 10.0. The molecule has 152 valence electrons. The van der Waals surface area contributed by atoms with Gasteiger partial charge >= 0.3 is 0 Å². The van der Waals surface area contributed by atoms with E-state index in [1.807, 2.05) is 24.1 Å². The van der Waals surface area contributed by atoms with Crippen molar-refractivity contribution in [1.29, 1.82) is 0 Å². The number of carbonyl (C=O) groups is 1. The van der Waals surface area contributed by atoms with Crippen LogP contribution in [-0.4, -0.2) is 74.1 Å². The van der Waals surface area contributed by atoms with Crippen LogP contribution >= 0.6 is 0 Å². The molecule has 2 aliphatic rings. The number of likely N-dealkylation sites (tertiary alicyclic amines) is 1. The van der Waals surface area contributed by atoms with Crippen LogP contribution in [0.15, 0.2) is 22.9 Å². The van der Waals surface area contributed by atoms with E-state index in [0.29, 0.717) is 38.0 Å². The standard InChI is InChI=1S/C19H28N6O3/c1-3-16(25-8-4-7-20-25)18(26)24-11-12-27-19(14-24)5-9-23(10-6-19)13-17-22-21-15(2)28-17/h4,7-8,16H,3,5-6,9-14H2,1-2H3. The fourth-order valence-electron chi connectivity index (χ4n) is 4.20. The summed E-state index contributed by atoms with van der Waals surface area (Å²) in [6, 6.07) is 1.61. The number of carbonyl (C=O) groups excluding carboxylic acids is 1. The Morgan fingerprint density at radius 3 is 2.75 bits per heavy atom. The minimum atomic E-state index is -0.252. The van der Waals surface area contributed by atoms with Crippen molar-refractivity contribution in [1.82, 2.24) is 29.8 Å². The first kappa shape index (κ1) is 19.1. The maximum Gasteiger partial charge on any atom is 0.247 e. The van der Waals surface area contributed by atoms with Gasteiger partial charge in [-0.2, -0.15) is 5.10 Å². The second-order valence-electron chi connectivity index (χ2n) is 7.69. The van der Waals surface area contributed by atoms with E-state index in [2.05, 4.69) is 20.2 Å². The Bertz CT molecular complexity index is 781. The van der Waals surface area contributed by atoms with Crippen molar-refractivity contribution >= 4 is 5.91 Å². The summed E-state index contributed by atoms with van der Waals surface area (Å²) in [5.41, 5.74) is -0.252. The maximum atomic E-state index is 13.1. The molecule has 2 aliphatic heterocycles. The van der Waals surface area contributed by atoms with Crippen LogP contribution in [0.5, 0.6) is 0 Å². The van der Waals surface area contributed by atoms with Gasteiger partial charge in [0.2, 0.25) is 17.7 Å². The first-order valence-electron chi connectivity index (χ1n) is 10.0. The number of hydrogen-bond donors (Lipinski definition) is 0. The van der Waals surface area contributed by atoms with Crippen molar-refractivity contribution in [3.8, 4) is 0 Å². The van der Waals surface area contributed by atoms with Gasteiger partial charge in [-0.3, -0.25) is 14.4 Å². The third-order valence-corrected chi connectivity index (χ3v) is 5.77. The highest BCUT2D eigenvalue weighted by Crippen LogP contribution is 2.31. The number of aromatic nitrogens is 4. The van der Waals surface area contributed by atoms with Crippen molar-refractivity contribution in [3.63, 3.8) is 0 Å². The number of ether oxygens (including phenoxy) is 1. The van der Waals surface area contributed by atoms with Gasteiger partial charge in [-0.1, -0.05) is 6.92 Å². The predicted octanol–water partition coefficient (Wildman–Crippen LogP) is 1.42. The van der Waals surface area contributed by atoms with Crippen LogP contribution in [0.4, 0.5) is 0 Å². The largest absolute Gasteiger partial charge is 0.424 e. The summed E-state index contributed by atoms with van der Waals surface area (Å²) < 4.78 is 13.5. The van der Waals surface area contributed by atoms with Gasteiger partial charge in [0, 0.05) is 45.5 Å². The highest BCUT2D eigenvalue weighted by Gasteiger charge is 2.42. The van der Waals surface area contributed by atoms with Gasteiger partial charge in [0.15, 0.2) is 0 Å². The number of piperidine rings is 1. The molecule has 28 heavy (non-hydrogen) atoms. The lowest BCUT2D eigenvalue weighted by molar-refractivity contribution is -0.162. The summed E-state index contributed by atoms with van der Waals surface area (Å²) in [6.45, 7) is 8.15. The fraction of sp³-hybridized carbons (Fsp3) is 0.684. The van der Waals surface area contributed by atoms with Gasteiger partial charge < -0.3 is 14.1 Å². The lowest BCUT2D eigenvalue weighted by atomic mass is 9.89. The van der Waals surface area contributed by atoms with Crippen LogP contribution in [0.3, 0.4) is 0 Å². The van der Waals surface area contributed by atoms with E-state index in [1.54, 1.807) is 17.8 Å². The molecule has 0 saturated carbocycles. The van der Waals surface area contributed by atoms with Crippen LogP contribution in [-0.2, 0) is 16.1 Å². The van der Waals surface area contributed by atoms with Gasteiger partial charge in [0.05, 0.1) is 18.8 Å². The molecule has 9 nitrogen and oxygen atoms in total. The molecule has 1 spiro atoms. The Labute approximate surface area is 164 Å². The molecular weight excluding hydrogens is 360 g/mol. The maximum absolute atomic E-state index is 13.1. The fourth-order valence-corrected chi connectivity index (χ4v) is 4.20. The van der Waals surface area contributed by atoms with Crippen LogP contribution in [0, 0.1) is 6.92 Å². The van der Waals surface area contributed by atoms with Crippen LogP contribution in [0.2, 0.25) is 0 Å². The number of aryl methyl sites for hydroxylation is 1. The van der Waals surface area contributed by atoms with Gasteiger partial charge in [0.25, 0.3) is 0 Å². The third kappa shape index (κ3) is 3.95. The molecule has 1 unspecified atom stereocenters. The second kappa shape index (κ2) is 8.00. The molecule has 1 amide bonds. The van der Waals surface area contributed by atoms with Crippen molar-refractivity contribution in [3.05, 3.63) is 30.2 Å². The smallest absolute Gasteiger partial charge is 0.247 e. The van der Waals surface area contributed by atoms with Crippen molar-refractivity contribution in [2.24, 2.45) is 0 Å². The Hall–Kier alpha value is -2.26. The van der Waals surface area contributed by atoms with Crippen molar-refractivity contribution in [2.75, 3.05) is 32.8 Å². The van der Waals surface area contributed by atoms with Gasteiger partial charge in [0.1, 0.15) is 6.04 Å². The van der Waals surface area contributed by atoms with Gasteiger partial charge in [-0.25, -0.2) is 0 Å². The van der Waals surface area contributed by atoms with E-state index in [-0.39, 0.29) is 17.6 Å². The Morgan fingerprint density at radius 2 is 2.11 bits per heavy atom. The number of amides is 1. The van der Waals surface area contributed by atoms with Crippen LogP contribution in [0.1, 0.15) is 44.0 Å². The van der Waals surface area contributed by atoms with E-state index < -0.39 is 0 Å². The number of rotatable bonds is 5. The molecule has 0 bridgehead atoms. The zero-order valence-corrected chi connectivity index (χ0v) is 16.6. The Morgan fingerprint density at radius 1 is 1.29 bits per heavy atom. The third-order valence-electron chi connectivity index (χ3n) is 5.77. The molecule has 4 rings (SSSR count). The van der Waals surface area contributed by atoms with Gasteiger partial charge in [-0.05, 0) is 25.3 Å². The quantitative estimate of drug-likeness (QED) is 0.765. The topological polar surface area (TPSA) is 89.5 Å². The summed E-state index contributed by atoms with van der Waals surface area (Å²) >= 11 is 0. The summed E-state index contributed by atoms with van der Waals surface area (Å²) in [6.07, 6.45) is 6.09. The number of morpholine rings is 1. The average Bonchev–Trinajstić information content (AvgIpc) is 3.37. The normalized spacial score (nSPS) is 21.1. The molecule has 9 heteroatoms. The van der Waals surface area contributed by atoms with Crippen molar-refractivity contribution in [2.45, 2.75) is 51.3 Å². The molecule has 4 heterocycles. The van der Waals surface area contributed by atoms with Crippen LogP contribution in [0.25, 0.3) is 0 Å².